The highest BCUT2D eigenvalue weighted by Crippen LogP contribution is 2.39. The molecule has 4 heteroatoms. The summed E-state index contributed by atoms with van der Waals surface area (Å²) in [4.78, 5) is 13.2. The van der Waals surface area contributed by atoms with E-state index in [-0.39, 0.29) is 5.56 Å². The lowest BCUT2D eigenvalue weighted by Crippen LogP contribution is -2.30. The van der Waals surface area contributed by atoms with Crippen LogP contribution in [0.1, 0.15) is 36.0 Å². The van der Waals surface area contributed by atoms with Gasteiger partial charge in [0.1, 0.15) is 5.82 Å². The van der Waals surface area contributed by atoms with Crippen LogP contribution in [0.5, 0.6) is 0 Å². The van der Waals surface area contributed by atoms with Gasteiger partial charge < -0.3 is 10.0 Å². The van der Waals surface area contributed by atoms with Crippen molar-refractivity contribution in [2.24, 2.45) is 5.92 Å². The molecule has 3 nitrogen and oxygen atoms in total. The standard InChI is InChI=1S/C14H16FNO2/c15-12-3-1-2-11(14(17)18)13(12)16(10-6-7-10)8-9-4-5-9/h1-3,9-10H,4-8H2,(H,17,18). The summed E-state index contributed by atoms with van der Waals surface area (Å²) in [7, 11) is 0. The van der Waals surface area contributed by atoms with Crippen LogP contribution in [0.3, 0.4) is 0 Å². The highest BCUT2D eigenvalue weighted by atomic mass is 19.1. The van der Waals surface area contributed by atoms with Crippen molar-refractivity contribution >= 4 is 11.7 Å². The maximum absolute atomic E-state index is 14.0. The van der Waals surface area contributed by atoms with Crippen molar-refractivity contribution in [3.63, 3.8) is 0 Å². The third-order valence-electron chi connectivity index (χ3n) is 3.64. The molecule has 3 rings (SSSR count). The van der Waals surface area contributed by atoms with Gasteiger partial charge in [0.05, 0.1) is 11.3 Å². The summed E-state index contributed by atoms with van der Waals surface area (Å²) in [6.45, 7) is 0.797. The van der Waals surface area contributed by atoms with Crippen molar-refractivity contribution in [2.45, 2.75) is 31.7 Å². The van der Waals surface area contributed by atoms with E-state index in [9.17, 15) is 14.3 Å². The predicted octanol–water partition coefficient (Wildman–Crippen LogP) is 2.90. The molecule has 2 aliphatic rings. The van der Waals surface area contributed by atoms with Crippen LogP contribution >= 0.6 is 0 Å². The molecule has 0 unspecified atom stereocenters. The molecule has 0 spiro atoms. The van der Waals surface area contributed by atoms with Gasteiger partial charge in [0, 0.05) is 12.6 Å². The van der Waals surface area contributed by atoms with Crippen molar-refractivity contribution in [2.75, 3.05) is 11.4 Å². The minimum Gasteiger partial charge on any atom is -0.478 e. The highest BCUT2D eigenvalue weighted by molar-refractivity contribution is 5.94. The molecule has 2 saturated carbocycles. The number of rotatable bonds is 5. The first-order valence-corrected chi connectivity index (χ1v) is 6.45. The molecule has 1 N–H and O–H groups in total. The first-order valence-electron chi connectivity index (χ1n) is 6.45. The van der Waals surface area contributed by atoms with Gasteiger partial charge >= 0.3 is 5.97 Å². The second-order valence-corrected chi connectivity index (χ2v) is 5.27. The number of para-hydroxylation sites is 1. The van der Waals surface area contributed by atoms with Gasteiger partial charge in [-0.05, 0) is 43.7 Å². The number of hydrogen-bond donors (Lipinski definition) is 1. The number of nitrogens with zero attached hydrogens (tertiary/aromatic N) is 1. The van der Waals surface area contributed by atoms with Gasteiger partial charge in [-0.1, -0.05) is 6.07 Å². The summed E-state index contributed by atoms with van der Waals surface area (Å²) in [5.74, 6) is -0.847. The molecule has 1 aromatic rings. The topological polar surface area (TPSA) is 40.5 Å². The fourth-order valence-corrected chi connectivity index (χ4v) is 2.37. The van der Waals surface area contributed by atoms with E-state index < -0.39 is 11.8 Å². The Balaban J connectivity index is 1.98. The van der Waals surface area contributed by atoms with E-state index in [0.29, 0.717) is 17.6 Å². The van der Waals surface area contributed by atoms with Gasteiger partial charge in [0.25, 0.3) is 0 Å². The number of aromatic carboxylic acids is 1. The molecular formula is C14H16FNO2. The van der Waals surface area contributed by atoms with E-state index in [1.165, 1.54) is 31.0 Å². The molecule has 18 heavy (non-hydrogen) atoms. The normalized spacial score (nSPS) is 18.7. The van der Waals surface area contributed by atoms with Crippen molar-refractivity contribution in [3.05, 3.63) is 29.6 Å². The lowest BCUT2D eigenvalue weighted by Gasteiger charge is -2.26. The van der Waals surface area contributed by atoms with Crippen molar-refractivity contribution in [1.29, 1.82) is 0 Å². The highest BCUT2D eigenvalue weighted by Gasteiger charge is 2.36. The molecule has 0 bridgehead atoms. The molecule has 96 valence electrons. The van der Waals surface area contributed by atoms with E-state index in [1.54, 1.807) is 0 Å². The molecule has 0 atom stereocenters. The smallest absolute Gasteiger partial charge is 0.337 e. The van der Waals surface area contributed by atoms with Crippen LogP contribution in [0.15, 0.2) is 18.2 Å². The number of hydrogen-bond acceptors (Lipinski definition) is 2. The number of benzene rings is 1. The summed E-state index contributed by atoms with van der Waals surface area (Å²) >= 11 is 0. The number of carbonyl (C=O) groups is 1. The first kappa shape index (κ1) is 11.5. The lowest BCUT2D eigenvalue weighted by molar-refractivity contribution is 0.0697. The summed E-state index contributed by atoms with van der Waals surface area (Å²) < 4.78 is 14.0. The maximum atomic E-state index is 14.0. The lowest BCUT2D eigenvalue weighted by atomic mass is 10.1. The summed E-state index contributed by atoms with van der Waals surface area (Å²) in [5.41, 5.74) is 0.377. The number of halogens is 1. The Morgan fingerprint density at radius 3 is 2.61 bits per heavy atom. The number of carboxylic acids is 1. The van der Waals surface area contributed by atoms with Crippen molar-refractivity contribution in [1.82, 2.24) is 0 Å². The molecule has 0 amide bonds. The van der Waals surface area contributed by atoms with Crippen LogP contribution in [-0.2, 0) is 0 Å². The average molecular weight is 249 g/mol. The molecular weight excluding hydrogens is 233 g/mol. The minimum atomic E-state index is -1.05. The zero-order valence-electron chi connectivity index (χ0n) is 10.1. The van der Waals surface area contributed by atoms with Crippen molar-refractivity contribution < 1.29 is 14.3 Å². The van der Waals surface area contributed by atoms with Crippen LogP contribution in [0, 0.1) is 11.7 Å². The quantitative estimate of drug-likeness (QED) is 0.872. The van der Waals surface area contributed by atoms with Gasteiger partial charge in [0.15, 0.2) is 0 Å². The van der Waals surface area contributed by atoms with E-state index in [2.05, 4.69) is 0 Å². The van der Waals surface area contributed by atoms with Gasteiger partial charge in [-0.25, -0.2) is 9.18 Å². The molecule has 0 aliphatic heterocycles. The SMILES string of the molecule is O=C(O)c1cccc(F)c1N(CC1CC1)C1CC1. The molecule has 2 fully saturated rings. The third kappa shape index (κ3) is 2.19. The average Bonchev–Trinajstić information content (AvgIpc) is 3.19. The fraction of sp³-hybridized carbons (Fsp3) is 0.500. The molecule has 1 aromatic carbocycles. The van der Waals surface area contributed by atoms with Crippen LogP contribution < -0.4 is 4.90 Å². The predicted molar refractivity (Wildman–Crippen MR) is 66.5 cm³/mol. The first-order chi connectivity index (χ1) is 8.66. The Hall–Kier alpha value is -1.58. The second-order valence-electron chi connectivity index (χ2n) is 5.27. The van der Waals surface area contributed by atoms with Crippen LogP contribution in [0.4, 0.5) is 10.1 Å². The largest absolute Gasteiger partial charge is 0.478 e. The fourth-order valence-electron chi connectivity index (χ4n) is 2.37. The molecule has 0 radical (unpaired) electrons. The Morgan fingerprint density at radius 2 is 2.06 bits per heavy atom. The van der Waals surface area contributed by atoms with E-state index in [0.717, 1.165) is 19.4 Å². The molecule has 0 heterocycles. The van der Waals surface area contributed by atoms with Gasteiger partial charge in [0.2, 0.25) is 0 Å². The second kappa shape index (κ2) is 4.26. The van der Waals surface area contributed by atoms with Crippen molar-refractivity contribution in [3.8, 4) is 0 Å². The van der Waals surface area contributed by atoms with Crippen LogP contribution in [0.2, 0.25) is 0 Å². The Kier molecular flexibility index (Phi) is 2.73. The minimum absolute atomic E-state index is 0.0857. The summed E-state index contributed by atoms with van der Waals surface area (Å²) in [5, 5.41) is 9.20. The van der Waals surface area contributed by atoms with Gasteiger partial charge in [-0.15, -0.1) is 0 Å². The molecule has 2 aliphatic carbocycles. The van der Waals surface area contributed by atoms with Crippen LogP contribution in [0.25, 0.3) is 0 Å². The number of carboxylic acid groups (broad SMARTS) is 1. The van der Waals surface area contributed by atoms with Gasteiger partial charge in [-0.3, -0.25) is 0 Å². The Labute approximate surface area is 105 Å². The van der Waals surface area contributed by atoms with Gasteiger partial charge in [-0.2, -0.15) is 0 Å². The third-order valence-corrected chi connectivity index (χ3v) is 3.64. The number of anilines is 1. The van der Waals surface area contributed by atoms with E-state index >= 15 is 0 Å². The zero-order chi connectivity index (χ0) is 12.7. The Bertz CT molecular complexity index is 481. The van der Waals surface area contributed by atoms with E-state index in [1.807, 2.05) is 4.90 Å². The van der Waals surface area contributed by atoms with E-state index in [4.69, 9.17) is 0 Å². The van der Waals surface area contributed by atoms with Crippen LogP contribution in [-0.4, -0.2) is 23.7 Å². The maximum Gasteiger partial charge on any atom is 0.337 e. The monoisotopic (exact) mass is 249 g/mol. The Morgan fingerprint density at radius 1 is 1.33 bits per heavy atom. The molecule has 0 saturated heterocycles. The molecule has 0 aromatic heterocycles. The summed E-state index contributed by atoms with van der Waals surface area (Å²) in [6.07, 6.45) is 4.44. The zero-order valence-corrected chi connectivity index (χ0v) is 10.1. The summed E-state index contributed by atoms with van der Waals surface area (Å²) in [6, 6.07) is 4.64.